The molecule has 152 valence electrons. The van der Waals surface area contributed by atoms with E-state index in [0.717, 1.165) is 12.0 Å². The summed E-state index contributed by atoms with van der Waals surface area (Å²) in [4.78, 5) is 8.65. The molecule has 0 spiro atoms. The van der Waals surface area contributed by atoms with Crippen molar-refractivity contribution in [2.75, 3.05) is 10.6 Å². The van der Waals surface area contributed by atoms with E-state index in [0.29, 0.717) is 23.0 Å². The number of nitrogens with zero attached hydrogens (tertiary/aromatic N) is 2. The van der Waals surface area contributed by atoms with Crippen LogP contribution in [0.4, 0.5) is 23.0 Å². The Morgan fingerprint density at radius 1 is 0.793 bits per heavy atom. The first-order valence-electron chi connectivity index (χ1n) is 9.88. The fourth-order valence-electron chi connectivity index (χ4n) is 3.79. The number of phenolic OH excluding ortho intramolecular Hbond substituents is 1. The molecule has 3 aromatic rings. The minimum absolute atomic E-state index is 0.0902. The summed E-state index contributed by atoms with van der Waals surface area (Å²) in [5, 5.41) is 17.5. The standard InChI is InChI=1S/C24H30N4O/c1-23(2,3)16-24(4,5)17-14-18(27-20-10-6-8-12-25-20)22(29)19(15-17)28-21-11-7-9-13-26-21/h6-15,29H,16H2,1-5H3,(H,25,27)(H,26,28). The van der Waals surface area contributed by atoms with Gasteiger partial charge in [-0.15, -0.1) is 0 Å². The van der Waals surface area contributed by atoms with Crippen LogP contribution in [-0.4, -0.2) is 15.1 Å². The number of benzene rings is 1. The minimum Gasteiger partial charge on any atom is -0.504 e. The van der Waals surface area contributed by atoms with Crippen LogP contribution in [0.1, 0.15) is 46.6 Å². The van der Waals surface area contributed by atoms with Crippen LogP contribution in [0, 0.1) is 5.41 Å². The van der Waals surface area contributed by atoms with Crippen LogP contribution < -0.4 is 10.6 Å². The van der Waals surface area contributed by atoms with Crippen LogP contribution in [0.2, 0.25) is 0 Å². The fourth-order valence-corrected chi connectivity index (χ4v) is 3.79. The van der Waals surface area contributed by atoms with Crippen molar-refractivity contribution in [2.45, 2.75) is 46.5 Å². The molecule has 0 aliphatic heterocycles. The summed E-state index contributed by atoms with van der Waals surface area (Å²) in [5.41, 5.74) is 2.43. The Balaban J connectivity index is 2.05. The van der Waals surface area contributed by atoms with Crippen molar-refractivity contribution in [3.05, 3.63) is 66.5 Å². The summed E-state index contributed by atoms with van der Waals surface area (Å²) in [6, 6.07) is 15.3. The average molecular weight is 391 g/mol. The molecule has 0 radical (unpaired) electrons. The van der Waals surface area contributed by atoms with E-state index in [1.54, 1.807) is 12.4 Å². The monoisotopic (exact) mass is 390 g/mol. The Kier molecular flexibility index (Phi) is 5.78. The Labute approximate surface area is 173 Å². The van der Waals surface area contributed by atoms with Crippen LogP contribution in [0.15, 0.2) is 60.9 Å². The summed E-state index contributed by atoms with van der Waals surface area (Å²) in [6.45, 7) is 11.2. The maximum atomic E-state index is 11.0. The van der Waals surface area contributed by atoms with E-state index in [-0.39, 0.29) is 16.6 Å². The zero-order chi connectivity index (χ0) is 21.1. The normalized spacial score (nSPS) is 11.9. The molecule has 0 unspecified atom stereocenters. The van der Waals surface area contributed by atoms with Crippen LogP contribution in [0.3, 0.4) is 0 Å². The molecule has 2 aromatic heterocycles. The Bertz CT molecular complexity index is 885. The molecule has 0 bridgehead atoms. The lowest BCUT2D eigenvalue weighted by Crippen LogP contribution is -2.25. The highest BCUT2D eigenvalue weighted by atomic mass is 16.3. The molecule has 5 nitrogen and oxygen atoms in total. The van der Waals surface area contributed by atoms with Gasteiger partial charge in [-0.3, -0.25) is 0 Å². The zero-order valence-corrected chi connectivity index (χ0v) is 17.8. The van der Waals surface area contributed by atoms with Crippen molar-refractivity contribution < 1.29 is 5.11 Å². The molecule has 3 N–H and O–H groups in total. The van der Waals surface area contributed by atoms with Crippen molar-refractivity contribution >= 4 is 23.0 Å². The second-order valence-corrected chi connectivity index (χ2v) is 9.22. The first-order valence-corrected chi connectivity index (χ1v) is 9.88. The van der Waals surface area contributed by atoms with Gasteiger partial charge in [-0.25, -0.2) is 9.97 Å². The highest BCUT2D eigenvalue weighted by molar-refractivity contribution is 5.78. The van der Waals surface area contributed by atoms with E-state index in [4.69, 9.17) is 0 Å². The third kappa shape index (κ3) is 5.47. The van der Waals surface area contributed by atoms with Crippen molar-refractivity contribution in [2.24, 2.45) is 5.41 Å². The Morgan fingerprint density at radius 2 is 1.28 bits per heavy atom. The maximum Gasteiger partial charge on any atom is 0.162 e. The Hall–Kier alpha value is -3.08. The van der Waals surface area contributed by atoms with E-state index in [9.17, 15) is 5.11 Å². The van der Waals surface area contributed by atoms with Gasteiger partial charge in [0.15, 0.2) is 5.75 Å². The number of phenols is 1. The van der Waals surface area contributed by atoms with Crippen molar-refractivity contribution in [3.63, 3.8) is 0 Å². The second-order valence-electron chi connectivity index (χ2n) is 9.22. The molecule has 3 rings (SSSR count). The molecule has 0 aliphatic carbocycles. The van der Waals surface area contributed by atoms with Gasteiger partial charge in [0.2, 0.25) is 0 Å². The lowest BCUT2D eigenvalue weighted by atomic mass is 9.72. The molecule has 2 heterocycles. The van der Waals surface area contributed by atoms with Crippen molar-refractivity contribution in [1.82, 2.24) is 9.97 Å². The number of rotatable bonds is 6. The lowest BCUT2D eigenvalue weighted by molar-refractivity contribution is 0.284. The molecule has 0 fully saturated rings. The largest absolute Gasteiger partial charge is 0.504 e. The number of hydrogen-bond donors (Lipinski definition) is 3. The van der Waals surface area contributed by atoms with Crippen LogP contribution >= 0.6 is 0 Å². The van der Waals surface area contributed by atoms with Gasteiger partial charge >= 0.3 is 0 Å². The fraction of sp³-hybridized carbons (Fsp3) is 0.333. The molecule has 1 aromatic carbocycles. The van der Waals surface area contributed by atoms with Crippen LogP contribution in [0.25, 0.3) is 0 Å². The first kappa shape index (κ1) is 20.6. The third-order valence-electron chi connectivity index (χ3n) is 4.72. The number of hydrogen-bond acceptors (Lipinski definition) is 5. The molecule has 0 saturated carbocycles. The van der Waals surface area contributed by atoms with Gasteiger partial charge in [0, 0.05) is 12.4 Å². The number of nitrogens with one attached hydrogen (secondary N) is 2. The lowest BCUT2D eigenvalue weighted by Gasteiger charge is -2.34. The van der Waals surface area contributed by atoms with E-state index in [1.807, 2.05) is 48.5 Å². The molecular weight excluding hydrogens is 360 g/mol. The molecule has 0 amide bonds. The van der Waals surface area contributed by atoms with E-state index < -0.39 is 0 Å². The SMILES string of the molecule is CC(C)(C)CC(C)(C)c1cc(Nc2ccccn2)c(O)c(Nc2ccccn2)c1. The van der Waals surface area contributed by atoms with Gasteiger partial charge in [-0.1, -0.05) is 46.8 Å². The van der Waals surface area contributed by atoms with Gasteiger partial charge in [-0.05, 0) is 59.2 Å². The third-order valence-corrected chi connectivity index (χ3v) is 4.72. The zero-order valence-electron chi connectivity index (χ0n) is 17.8. The highest BCUT2D eigenvalue weighted by Crippen LogP contribution is 2.43. The molecule has 0 aliphatic rings. The quantitative estimate of drug-likeness (QED) is 0.426. The van der Waals surface area contributed by atoms with Gasteiger partial charge in [0.05, 0.1) is 11.4 Å². The number of aromatic nitrogens is 2. The predicted octanol–water partition coefficient (Wildman–Crippen LogP) is 6.38. The summed E-state index contributed by atoms with van der Waals surface area (Å²) in [6.07, 6.45) is 4.44. The van der Waals surface area contributed by atoms with Gasteiger partial charge in [0.1, 0.15) is 11.6 Å². The van der Waals surface area contributed by atoms with Gasteiger partial charge in [-0.2, -0.15) is 0 Å². The first-order chi connectivity index (χ1) is 13.6. The maximum absolute atomic E-state index is 11.0. The molecule has 0 saturated heterocycles. The highest BCUT2D eigenvalue weighted by Gasteiger charge is 2.29. The molecule has 29 heavy (non-hydrogen) atoms. The molecule has 5 heteroatoms. The van der Waals surface area contributed by atoms with E-state index in [1.165, 1.54) is 0 Å². The molecule has 0 atom stereocenters. The van der Waals surface area contributed by atoms with E-state index >= 15 is 0 Å². The van der Waals surface area contributed by atoms with Crippen molar-refractivity contribution in [3.8, 4) is 5.75 Å². The number of pyridine rings is 2. The van der Waals surface area contributed by atoms with Gasteiger partial charge < -0.3 is 15.7 Å². The smallest absolute Gasteiger partial charge is 0.162 e. The minimum atomic E-state index is -0.0902. The van der Waals surface area contributed by atoms with Crippen LogP contribution in [-0.2, 0) is 5.41 Å². The number of anilines is 4. The number of aromatic hydroxyl groups is 1. The average Bonchev–Trinajstić information content (AvgIpc) is 2.64. The summed E-state index contributed by atoms with van der Waals surface area (Å²) < 4.78 is 0. The van der Waals surface area contributed by atoms with E-state index in [2.05, 4.69) is 55.2 Å². The second kappa shape index (κ2) is 8.11. The summed E-state index contributed by atoms with van der Waals surface area (Å²) in [5.74, 6) is 1.49. The summed E-state index contributed by atoms with van der Waals surface area (Å²) in [7, 11) is 0. The molecular formula is C24H30N4O. The van der Waals surface area contributed by atoms with Crippen molar-refractivity contribution in [1.29, 1.82) is 0 Å². The van der Waals surface area contributed by atoms with Crippen LogP contribution in [0.5, 0.6) is 5.75 Å². The topological polar surface area (TPSA) is 70.1 Å². The van der Waals surface area contributed by atoms with Gasteiger partial charge in [0.25, 0.3) is 0 Å². The Morgan fingerprint density at radius 3 is 1.66 bits per heavy atom. The predicted molar refractivity (Wildman–Crippen MR) is 120 cm³/mol. The summed E-state index contributed by atoms with van der Waals surface area (Å²) >= 11 is 0.